The van der Waals surface area contributed by atoms with Crippen LogP contribution in [0, 0.1) is 17.5 Å². The zero-order chi connectivity index (χ0) is 15.6. The molecule has 1 unspecified atom stereocenters. The summed E-state index contributed by atoms with van der Waals surface area (Å²) in [5, 5.41) is 3.09. The lowest BCUT2D eigenvalue weighted by atomic mass is 9.98. The molecule has 1 nitrogen and oxygen atoms in total. The van der Waals surface area contributed by atoms with E-state index in [2.05, 4.69) is 21.2 Å². The van der Waals surface area contributed by atoms with Crippen molar-refractivity contribution in [3.05, 3.63) is 68.4 Å². The van der Waals surface area contributed by atoms with Crippen LogP contribution in [0.25, 0.3) is 0 Å². The lowest BCUT2D eigenvalue weighted by Crippen LogP contribution is -2.22. The first kappa shape index (κ1) is 16.3. The molecule has 0 aliphatic carbocycles. The smallest absolute Gasteiger partial charge is 0.145 e. The molecule has 0 amide bonds. The molecule has 6 heteroatoms. The zero-order valence-corrected chi connectivity index (χ0v) is 13.4. The summed E-state index contributed by atoms with van der Waals surface area (Å²) in [4.78, 5) is 0. The molecule has 1 atom stereocenters. The molecule has 0 spiro atoms. The van der Waals surface area contributed by atoms with Gasteiger partial charge in [-0.05, 0) is 59.2 Å². The van der Waals surface area contributed by atoms with E-state index in [0.29, 0.717) is 5.56 Å². The maximum Gasteiger partial charge on any atom is 0.145 e. The van der Waals surface area contributed by atoms with Crippen LogP contribution in [0.1, 0.15) is 17.2 Å². The van der Waals surface area contributed by atoms with Gasteiger partial charge < -0.3 is 5.32 Å². The first-order valence-corrected chi connectivity index (χ1v) is 7.35. The minimum Gasteiger partial charge on any atom is -0.313 e. The molecule has 0 bridgehead atoms. The van der Waals surface area contributed by atoms with Crippen molar-refractivity contribution in [3.8, 4) is 0 Å². The second-order valence-electron chi connectivity index (χ2n) is 4.54. The van der Waals surface area contributed by atoms with Crippen molar-refractivity contribution in [2.45, 2.75) is 12.5 Å². The van der Waals surface area contributed by atoms with Crippen molar-refractivity contribution in [1.82, 2.24) is 5.32 Å². The normalized spacial score (nSPS) is 12.5. The summed E-state index contributed by atoms with van der Waals surface area (Å²) in [6, 6.07) is 5.84. The molecule has 0 radical (unpaired) electrons. The highest BCUT2D eigenvalue weighted by atomic mass is 79.9. The standard InChI is InChI=1S/C15H12BrClF3N/c1-21-13(6-8-2-3-9(18)7-11(8)17)14-12(19)5-4-10(16)15(14)20/h2-5,7,13,21H,6H2,1H3. The minimum absolute atomic E-state index is 0.0766. The number of benzene rings is 2. The molecule has 112 valence electrons. The largest absolute Gasteiger partial charge is 0.313 e. The SMILES string of the molecule is CNC(Cc1ccc(F)cc1Cl)c1c(F)ccc(Br)c1F. The van der Waals surface area contributed by atoms with Gasteiger partial charge in [0.25, 0.3) is 0 Å². The minimum atomic E-state index is -0.660. The summed E-state index contributed by atoms with van der Waals surface area (Å²) in [6.45, 7) is 0. The Morgan fingerprint density at radius 2 is 1.90 bits per heavy atom. The predicted molar refractivity (Wildman–Crippen MR) is 81.0 cm³/mol. The predicted octanol–water partition coefficient (Wildman–Crippen LogP) is 5.02. The van der Waals surface area contributed by atoms with Crippen LogP contribution in [0.2, 0.25) is 5.02 Å². The third-order valence-electron chi connectivity index (χ3n) is 3.22. The molecule has 0 saturated heterocycles. The molecule has 0 heterocycles. The fourth-order valence-electron chi connectivity index (χ4n) is 2.12. The fourth-order valence-corrected chi connectivity index (χ4v) is 2.71. The summed E-state index contributed by atoms with van der Waals surface area (Å²) in [5.41, 5.74) is 0.531. The number of nitrogens with one attached hydrogen (secondary N) is 1. The second kappa shape index (κ2) is 6.81. The van der Waals surface area contributed by atoms with Gasteiger partial charge in [-0.25, -0.2) is 13.2 Å². The summed E-state index contributed by atoms with van der Waals surface area (Å²) >= 11 is 9.01. The topological polar surface area (TPSA) is 12.0 Å². The van der Waals surface area contributed by atoms with Gasteiger partial charge in [0.15, 0.2) is 0 Å². The van der Waals surface area contributed by atoms with Gasteiger partial charge in [-0.3, -0.25) is 0 Å². The van der Waals surface area contributed by atoms with Gasteiger partial charge in [-0.1, -0.05) is 17.7 Å². The Balaban J connectivity index is 2.39. The average molecular weight is 379 g/mol. The number of hydrogen-bond donors (Lipinski definition) is 1. The highest BCUT2D eigenvalue weighted by molar-refractivity contribution is 9.10. The molecule has 1 N–H and O–H groups in total. The van der Waals surface area contributed by atoms with E-state index < -0.39 is 23.5 Å². The van der Waals surface area contributed by atoms with Gasteiger partial charge >= 0.3 is 0 Å². The molecule has 2 rings (SSSR count). The maximum atomic E-state index is 14.1. The fraction of sp³-hybridized carbons (Fsp3) is 0.200. The highest BCUT2D eigenvalue weighted by Gasteiger charge is 2.22. The van der Waals surface area contributed by atoms with Crippen LogP contribution in [0.15, 0.2) is 34.8 Å². The van der Waals surface area contributed by atoms with Crippen LogP contribution in [0.4, 0.5) is 13.2 Å². The van der Waals surface area contributed by atoms with Crippen LogP contribution in [-0.4, -0.2) is 7.05 Å². The molecule has 2 aromatic carbocycles. The van der Waals surface area contributed by atoms with Crippen molar-refractivity contribution in [1.29, 1.82) is 0 Å². The molecule has 0 aliphatic heterocycles. The van der Waals surface area contributed by atoms with E-state index in [1.165, 1.54) is 30.3 Å². The van der Waals surface area contributed by atoms with Gasteiger partial charge in [0.05, 0.1) is 4.47 Å². The number of hydrogen-bond acceptors (Lipinski definition) is 1. The van der Waals surface area contributed by atoms with Crippen molar-refractivity contribution in [2.75, 3.05) is 7.05 Å². The Kier molecular flexibility index (Phi) is 5.30. The molecule has 2 aromatic rings. The van der Waals surface area contributed by atoms with E-state index in [4.69, 9.17) is 11.6 Å². The van der Waals surface area contributed by atoms with Crippen molar-refractivity contribution < 1.29 is 13.2 Å². The van der Waals surface area contributed by atoms with Gasteiger partial charge in [-0.15, -0.1) is 0 Å². The number of likely N-dealkylation sites (N-methyl/N-ethyl adjacent to an activating group) is 1. The first-order valence-electron chi connectivity index (χ1n) is 6.18. The Hall–Kier alpha value is -1.04. The molecule has 0 aliphatic rings. The monoisotopic (exact) mass is 377 g/mol. The Morgan fingerprint density at radius 3 is 2.52 bits per heavy atom. The quantitative estimate of drug-likeness (QED) is 0.736. The number of rotatable bonds is 4. The van der Waals surface area contributed by atoms with Crippen LogP contribution < -0.4 is 5.32 Å². The van der Waals surface area contributed by atoms with Crippen LogP contribution in [-0.2, 0) is 6.42 Å². The van der Waals surface area contributed by atoms with E-state index in [1.807, 2.05) is 0 Å². The molecule has 0 saturated carbocycles. The maximum absolute atomic E-state index is 14.1. The Bertz CT molecular complexity index is 664. The molecular formula is C15H12BrClF3N. The Morgan fingerprint density at radius 1 is 1.19 bits per heavy atom. The van der Waals surface area contributed by atoms with E-state index in [1.54, 1.807) is 7.05 Å². The summed E-state index contributed by atoms with van der Waals surface area (Å²) in [6.07, 6.45) is 0.236. The summed E-state index contributed by atoms with van der Waals surface area (Å²) in [5.74, 6) is -1.76. The van der Waals surface area contributed by atoms with Gasteiger partial charge in [0.2, 0.25) is 0 Å². The second-order valence-corrected chi connectivity index (χ2v) is 5.80. The van der Waals surface area contributed by atoms with E-state index in [-0.39, 0.29) is 21.5 Å². The van der Waals surface area contributed by atoms with Crippen molar-refractivity contribution in [3.63, 3.8) is 0 Å². The third kappa shape index (κ3) is 3.59. The van der Waals surface area contributed by atoms with Crippen LogP contribution >= 0.6 is 27.5 Å². The summed E-state index contributed by atoms with van der Waals surface area (Å²) in [7, 11) is 1.60. The Labute approximate surface area is 134 Å². The molecule has 0 fully saturated rings. The van der Waals surface area contributed by atoms with Crippen LogP contribution in [0.3, 0.4) is 0 Å². The average Bonchev–Trinajstić information content (AvgIpc) is 2.44. The lowest BCUT2D eigenvalue weighted by Gasteiger charge is -2.19. The van der Waals surface area contributed by atoms with Crippen LogP contribution in [0.5, 0.6) is 0 Å². The summed E-state index contributed by atoms with van der Waals surface area (Å²) < 4.78 is 41.3. The van der Waals surface area contributed by atoms with E-state index in [9.17, 15) is 13.2 Å². The third-order valence-corrected chi connectivity index (χ3v) is 4.18. The van der Waals surface area contributed by atoms with Crippen molar-refractivity contribution in [2.24, 2.45) is 0 Å². The van der Waals surface area contributed by atoms with E-state index >= 15 is 0 Å². The number of halogens is 5. The first-order chi connectivity index (χ1) is 9.93. The van der Waals surface area contributed by atoms with Gasteiger partial charge in [0, 0.05) is 16.6 Å². The highest BCUT2D eigenvalue weighted by Crippen LogP contribution is 2.30. The van der Waals surface area contributed by atoms with Gasteiger partial charge in [0.1, 0.15) is 17.5 Å². The molecular weight excluding hydrogens is 367 g/mol. The lowest BCUT2D eigenvalue weighted by molar-refractivity contribution is 0.486. The van der Waals surface area contributed by atoms with Gasteiger partial charge in [-0.2, -0.15) is 0 Å². The van der Waals surface area contributed by atoms with Crippen molar-refractivity contribution >= 4 is 27.5 Å². The molecule has 0 aromatic heterocycles. The zero-order valence-electron chi connectivity index (χ0n) is 11.1. The van der Waals surface area contributed by atoms with E-state index in [0.717, 1.165) is 0 Å². The molecule has 21 heavy (non-hydrogen) atoms.